The molecule has 0 fully saturated rings. The molecule has 0 amide bonds. The molecule has 102 valence electrons. The number of nitrogens with zero attached hydrogens (tertiary/aromatic N) is 2. The van der Waals surface area contributed by atoms with Crippen LogP contribution in [0.5, 0.6) is 0 Å². The fourth-order valence-electron chi connectivity index (χ4n) is 2.01. The molecule has 0 spiro atoms. The van der Waals surface area contributed by atoms with E-state index in [1.165, 1.54) is 5.56 Å². The van der Waals surface area contributed by atoms with Gasteiger partial charge in [-0.15, -0.1) is 0 Å². The van der Waals surface area contributed by atoms with Crippen molar-refractivity contribution in [1.29, 1.82) is 0 Å². The first-order valence-corrected chi connectivity index (χ1v) is 6.63. The predicted molar refractivity (Wildman–Crippen MR) is 75.9 cm³/mol. The lowest BCUT2D eigenvalue weighted by Gasteiger charge is -2.28. The van der Waals surface area contributed by atoms with E-state index >= 15 is 0 Å². The van der Waals surface area contributed by atoms with E-state index in [1.807, 2.05) is 6.20 Å². The highest BCUT2D eigenvalue weighted by atomic mass is 16.3. The van der Waals surface area contributed by atoms with Crippen molar-refractivity contribution in [2.75, 3.05) is 24.6 Å². The van der Waals surface area contributed by atoms with E-state index in [1.54, 1.807) is 0 Å². The predicted octanol–water partition coefficient (Wildman–Crippen LogP) is 1.71. The standard InChI is InChI=1S/C14H25N3O/c1-5-15-9-13-8-12(4)14(16-10-13)17(6-7-18)11(2)3/h8,10-11,15,18H,5-7,9H2,1-4H3. The fraction of sp³-hybridized carbons (Fsp3) is 0.643. The normalized spacial score (nSPS) is 11.0. The van der Waals surface area contributed by atoms with Crippen molar-refractivity contribution >= 4 is 5.82 Å². The topological polar surface area (TPSA) is 48.4 Å². The number of pyridine rings is 1. The van der Waals surface area contributed by atoms with Crippen LogP contribution in [0.2, 0.25) is 0 Å². The fourth-order valence-corrected chi connectivity index (χ4v) is 2.01. The number of aliphatic hydroxyl groups is 1. The van der Waals surface area contributed by atoms with Crippen molar-refractivity contribution in [3.05, 3.63) is 23.4 Å². The maximum absolute atomic E-state index is 9.13. The summed E-state index contributed by atoms with van der Waals surface area (Å²) >= 11 is 0. The number of aryl methyl sites for hydroxylation is 1. The zero-order chi connectivity index (χ0) is 13.5. The van der Waals surface area contributed by atoms with Crippen LogP contribution in [0.4, 0.5) is 5.82 Å². The van der Waals surface area contributed by atoms with Gasteiger partial charge in [0.25, 0.3) is 0 Å². The van der Waals surface area contributed by atoms with E-state index in [9.17, 15) is 0 Å². The molecule has 18 heavy (non-hydrogen) atoms. The van der Waals surface area contributed by atoms with Gasteiger partial charge in [-0.05, 0) is 44.5 Å². The largest absolute Gasteiger partial charge is 0.395 e. The SMILES string of the molecule is CCNCc1cnc(N(CCO)C(C)C)c(C)c1. The number of anilines is 1. The molecule has 4 nitrogen and oxygen atoms in total. The summed E-state index contributed by atoms with van der Waals surface area (Å²) in [6.45, 7) is 11.0. The average molecular weight is 251 g/mol. The summed E-state index contributed by atoms with van der Waals surface area (Å²) in [5.41, 5.74) is 2.36. The molecule has 0 aliphatic carbocycles. The molecule has 0 atom stereocenters. The van der Waals surface area contributed by atoms with Gasteiger partial charge < -0.3 is 15.3 Å². The highest BCUT2D eigenvalue weighted by molar-refractivity contribution is 5.48. The Kier molecular flexibility index (Phi) is 6.09. The second-order valence-corrected chi connectivity index (χ2v) is 4.78. The second kappa shape index (κ2) is 7.34. The monoisotopic (exact) mass is 251 g/mol. The van der Waals surface area contributed by atoms with Gasteiger partial charge in [-0.2, -0.15) is 0 Å². The van der Waals surface area contributed by atoms with Gasteiger partial charge in [-0.3, -0.25) is 0 Å². The quantitative estimate of drug-likeness (QED) is 0.774. The third kappa shape index (κ3) is 3.96. The second-order valence-electron chi connectivity index (χ2n) is 4.78. The molecule has 0 unspecified atom stereocenters. The van der Waals surface area contributed by atoms with E-state index < -0.39 is 0 Å². The third-order valence-corrected chi connectivity index (χ3v) is 2.92. The van der Waals surface area contributed by atoms with Crippen LogP contribution in [0.25, 0.3) is 0 Å². The lowest BCUT2D eigenvalue weighted by molar-refractivity contribution is 0.298. The molecule has 4 heteroatoms. The van der Waals surface area contributed by atoms with Crippen molar-refractivity contribution < 1.29 is 5.11 Å². The zero-order valence-corrected chi connectivity index (χ0v) is 11.9. The van der Waals surface area contributed by atoms with Crippen molar-refractivity contribution in [2.45, 2.75) is 40.3 Å². The van der Waals surface area contributed by atoms with Crippen LogP contribution < -0.4 is 10.2 Å². The molecule has 2 N–H and O–H groups in total. The van der Waals surface area contributed by atoms with E-state index in [2.05, 4.69) is 49.0 Å². The van der Waals surface area contributed by atoms with Crippen LogP contribution in [0.3, 0.4) is 0 Å². The molecule has 0 aromatic carbocycles. The highest BCUT2D eigenvalue weighted by Gasteiger charge is 2.13. The smallest absolute Gasteiger partial charge is 0.131 e. The first-order chi connectivity index (χ1) is 8.60. The number of hydrogen-bond donors (Lipinski definition) is 2. The molecule has 1 rings (SSSR count). The van der Waals surface area contributed by atoms with E-state index in [4.69, 9.17) is 5.11 Å². The van der Waals surface area contributed by atoms with Crippen LogP contribution in [0.15, 0.2) is 12.3 Å². The minimum Gasteiger partial charge on any atom is -0.395 e. The molecular formula is C14H25N3O. The van der Waals surface area contributed by atoms with Crippen molar-refractivity contribution in [2.24, 2.45) is 0 Å². The Morgan fingerprint density at radius 2 is 2.17 bits per heavy atom. The summed E-state index contributed by atoms with van der Waals surface area (Å²) in [6, 6.07) is 2.50. The van der Waals surface area contributed by atoms with Crippen molar-refractivity contribution in [1.82, 2.24) is 10.3 Å². The Balaban J connectivity index is 2.88. The van der Waals surface area contributed by atoms with E-state index in [-0.39, 0.29) is 6.61 Å². The summed E-state index contributed by atoms with van der Waals surface area (Å²) in [4.78, 5) is 6.68. The summed E-state index contributed by atoms with van der Waals surface area (Å²) in [7, 11) is 0. The molecule has 0 saturated carbocycles. The first-order valence-electron chi connectivity index (χ1n) is 6.63. The number of hydrogen-bond acceptors (Lipinski definition) is 4. The summed E-state index contributed by atoms with van der Waals surface area (Å²) in [5.74, 6) is 0.972. The third-order valence-electron chi connectivity index (χ3n) is 2.92. The van der Waals surface area contributed by atoms with Gasteiger partial charge in [0.05, 0.1) is 6.61 Å². The molecule has 0 radical (unpaired) electrons. The molecular weight excluding hydrogens is 226 g/mol. The molecule has 0 bridgehead atoms. The Hall–Kier alpha value is -1.13. The van der Waals surface area contributed by atoms with Crippen molar-refractivity contribution in [3.63, 3.8) is 0 Å². The molecule has 1 aromatic heterocycles. The van der Waals surface area contributed by atoms with Crippen LogP contribution in [-0.4, -0.2) is 35.8 Å². The van der Waals surface area contributed by atoms with Gasteiger partial charge in [-0.25, -0.2) is 4.98 Å². The van der Waals surface area contributed by atoms with Gasteiger partial charge in [0.2, 0.25) is 0 Å². The molecule has 0 aliphatic heterocycles. The zero-order valence-electron chi connectivity index (χ0n) is 11.9. The van der Waals surface area contributed by atoms with Gasteiger partial charge in [-0.1, -0.05) is 6.92 Å². The molecule has 1 heterocycles. The van der Waals surface area contributed by atoms with Crippen LogP contribution in [0.1, 0.15) is 31.9 Å². The summed E-state index contributed by atoms with van der Waals surface area (Å²) < 4.78 is 0. The molecule has 1 aromatic rings. The van der Waals surface area contributed by atoms with Gasteiger partial charge in [0, 0.05) is 25.3 Å². The number of aromatic nitrogens is 1. The Labute approximate surface area is 110 Å². The number of nitrogens with one attached hydrogen (secondary N) is 1. The van der Waals surface area contributed by atoms with Gasteiger partial charge in [0.1, 0.15) is 5.82 Å². The Bertz CT molecular complexity index is 366. The van der Waals surface area contributed by atoms with Crippen LogP contribution in [0, 0.1) is 6.92 Å². The van der Waals surface area contributed by atoms with E-state index in [0.29, 0.717) is 12.6 Å². The number of aliphatic hydroxyl groups excluding tert-OH is 1. The maximum Gasteiger partial charge on any atom is 0.131 e. The summed E-state index contributed by atoms with van der Waals surface area (Å²) in [5, 5.41) is 12.4. The first kappa shape index (κ1) is 14.9. The number of rotatable bonds is 7. The minimum atomic E-state index is 0.151. The Morgan fingerprint density at radius 3 is 2.67 bits per heavy atom. The average Bonchev–Trinajstić information content (AvgIpc) is 2.34. The summed E-state index contributed by atoms with van der Waals surface area (Å²) in [6.07, 6.45) is 1.91. The van der Waals surface area contributed by atoms with E-state index in [0.717, 1.165) is 24.5 Å². The molecule has 0 aliphatic rings. The highest BCUT2D eigenvalue weighted by Crippen LogP contribution is 2.19. The van der Waals surface area contributed by atoms with Crippen LogP contribution >= 0.6 is 0 Å². The maximum atomic E-state index is 9.13. The van der Waals surface area contributed by atoms with Crippen LogP contribution in [-0.2, 0) is 6.54 Å². The minimum absolute atomic E-state index is 0.151. The lowest BCUT2D eigenvalue weighted by Crippen LogP contribution is -2.34. The Morgan fingerprint density at radius 1 is 1.44 bits per heavy atom. The van der Waals surface area contributed by atoms with Gasteiger partial charge in [0.15, 0.2) is 0 Å². The van der Waals surface area contributed by atoms with Crippen molar-refractivity contribution in [3.8, 4) is 0 Å². The molecule has 0 saturated heterocycles. The lowest BCUT2D eigenvalue weighted by atomic mass is 10.1. The van der Waals surface area contributed by atoms with Gasteiger partial charge >= 0.3 is 0 Å².